The number of carbonyl (C=O) groups is 3. The van der Waals surface area contributed by atoms with Gasteiger partial charge in [-0.15, -0.1) is 0 Å². The first kappa shape index (κ1) is 18.2. The molecule has 0 aromatic heterocycles. The van der Waals surface area contributed by atoms with E-state index in [2.05, 4.69) is 5.32 Å². The van der Waals surface area contributed by atoms with Crippen LogP contribution >= 0.6 is 0 Å². The molecule has 27 heavy (non-hydrogen) atoms. The Hall–Kier alpha value is -3.55. The van der Waals surface area contributed by atoms with Crippen molar-refractivity contribution in [2.75, 3.05) is 11.9 Å². The number of nitrogens with zero attached hydrogens (tertiary/aromatic N) is 2. The topological polar surface area (TPSA) is 110 Å². The number of amides is 3. The molecule has 0 fully saturated rings. The average molecular weight is 367 g/mol. The van der Waals surface area contributed by atoms with Crippen LogP contribution in [0.3, 0.4) is 0 Å². The molecule has 8 heteroatoms. The highest BCUT2D eigenvalue weighted by molar-refractivity contribution is 6.23. The van der Waals surface area contributed by atoms with Crippen molar-refractivity contribution in [1.29, 1.82) is 0 Å². The highest BCUT2D eigenvalue weighted by Gasteiger charge is 2.40. The van der Waals surface area contributed by atoms with Gasteiger partial charge in [0.25, 0.3) is 17.5 Å². The van der Waals surface area contributed by atoms with Gasteiger partial charge in [-0.3, -0.25) is 29.4 Å². The second-order valence-corrected chi connectivity index (χ2v) is 6.34. The first-order valence-electron chi connectivity index (χ1n) is 8.30. The van der Waals surface area contributed by atoms with Gasteiger partial charge >= 0.3 is 0 Å². The number of hydrogen-bond acceptors (Lipinski definition) is 5. The minimum absolute atomic E-state index is 0.0101. The molecule has 1 aliphatic rings. The summed E-state index contributed by atoms with van der Waals surface area (Å²) in [5.41, 5.74) is 1.91. The Bertz CT molecular complexity index is 983. The lowest BCUT2D eigenvalue weighted by Crippen LogP contribution is -2.33. The predicted octanol–water partition coefficient (Wildman–Crippen LogP) is 2.84. The molecule has 138 valence electrons. The van der Waals surface area contributed by atoms with E-state index in [9.17, 15) is 24.5 Å². The Balaban J connectivity index is 1.72. The molecule has 0 radical (unpaired) electrons. The van der Waals surface area contributed by atoms with Crippen LogP contribution in [0, 0.1) is 24.0 Å². The lowest BCUT2D eigenvalue weighted by atomic mass is 10.1. The van der Waals surface area contributed by atoms with Crippen molar-refractivity contribution in [2.45, 2.75) is 20.3 Å². The van der Waals surface area contributed by atoms with Gasteiger partial charge in [0, 0.05) is 24.7 Å². The van der Waals surface area contributed by atoms with Gasteiger partial charge in [-0.2, -0.15) is 0 Å². The Kier molecular flexibility index (Phi) is 4.72. The smallest absolute Gasteiger partial charge is 0.282 e. The zero-order valence-corrected chi connectivity index (χ0v) is 14.8. The first-order valence-corrected chi connectivity index (χ1v) is 8.30. The predicted molar refractivity (Wildman–Crippen MR) is 97.6 cm³/mol. The largest absolute Gasteiger partial charge is 0.326 e. The maximum absolute atomic E-state index is 12.5. The third-order valence-corrected chi connectivity index (χ3v) is 4.40. The zero-order chi connectivity index (χ0) is 19.7. The highest BCUT2D eigenvalue weighted by atomic mass is 16.6. The monoisotopic (exact) mass is 367 g/mol. The zero-order valence-electron chi connectivity index (χ0n) is 14.8. The van der Waals surface area contributed by atoms with Crippen molar-refractivity contribution >= 4 is 29.1 Å². The van der Waals surface area contributed by atoms with Crippen molar-refractivity contribution in [3.8, 4) is 0 Å². The molecular formula is C19H17N3O5. The fraction of sp³-hybridized carbons (Fsp3) is 0.211. The number of rotatable bonds is 5. The molecule has 1 aliphatic heterocycles. The molecule has 0 unspecified atom stereocenters. The van der Waals surface area contributed by atoms with Crippen LogP contribution in [0.15, 0.2) is 36.4 Å². The molecule has 2 aromatic rings. The van der Waals surface area contributed by atoms with Crippen LogP contribution in [0.4, 0.5) is 11.4 Å². The summed E-state index contributed by atoms with van der Waals surface area (Å²) in [5.74, 6) is -1.73. The van der Waals surface area contributed by atoms with Crippen LogP contribution in [-0.2, 0) is 4.79 Å². The van der Waals surface area contributed by atoms with Crippen LogP contribution in [0.25, 0.3) is 0 Å². The van der Waals surface area contributed by atoms with Crippen LogP contribution in [0.5, 0.6) is 0 Å². The number of carbonyl (C=O) groups excluding carboxylic acids is 3. The summed E-state index contributed by atoms with van der Waals surface area (Å²) in [6, 6.07) is 9.56. The quantitative estimate of drug-likeness (QED) is 0.496. The molecule has 2 aromatic carbocycles. The van der Waals surface area contributed by atoms with Crippen molar-refractivity contribution < 1.29 is 19.3 Å². The Morgan fingerprint density at radius 3 is 2.59 bits per heavy atom. The maximum Gasteiger partial charge on any atom is 0.282 e. The van der Waals surface area contributed by atoms with Gasteiger partial charge in [-0.05, 0) is 37.1 Å². The first-order chi connectivity index (χ1) is 12.8. The number of aryl methyl sites for hydroxylation is 2. The lowest BCUT2D eigenvalue weighted by molar-refractivity contribution is -0.385. The number of nitro groups is 1. The van der Waals surface area contributed by atoms with Gasteiger partial charge in [-0.1, -0.05) is 18.2 Å². The highest BCUT2D eigenvalue weighted by Crippen LogP contribution is 2.30. The van der Waals surface area contributed by atoms with Crippen LogP contribution in [-0.4, -0.2) is 34.1 Å². The van der Waals surface area contributed by atoms with E-state index < -0.39 is 22.4 Å². The van der Waals surface area contributed by atoms with Gasteiger partial charge in [0.1, 0.15) is 5.56 Å². The molecular weight excluding hydrogens is 350 g/mol. The number of hydrogen-bond donors (Lipinski definition) is 1. The number of benzene rings is 2. The van der Waals surface area contributed by atoms with Crippen LogP contribution in [0.1, 0.15) is 38.3 Å². The van der Waals surface area contributed by atoms with Gasteiger partial charge in [-0.25, -0.2) is 0 Å². The van der Waals surface area contributed by atoms with E-state index in [0.717, 1.165) is 16.0 Å². The molecule has 0 bridgehead atoms. The Morgan fingerprint density at radius 1 is 1.15 bits per heavy atom. The van der Waals surface area contributed by atoms with Crippen molar-refractivity contribution in [3.63, 3.8) is 0 Å². The van der Waals surface area contributed by atoms with Crippen molar-refractivity contribution in [3.05, 3.63) is 68.8 Å². The van der Waals surface area contributed by atoms with E-state index in [-0.39, 0.29) is 30.0 Å². The Labute approximate surface area is 154 Å². The number of nitro benzene ring substituents is 1. The number of fused-ring (bicyclic) bond motifs is 1. The minimum atomic E-state index is -0.748. The molecule has 1 N–H and O–H groups in total. The molecule has 0 saturated carbocycles. The van der Waals surface area contributed by atoms with E-state index in [1.54, 1.807) is 0 Å². The molecule has 0 atom stereocenters. The number of anilines is 1. The summed E-state index contributed by atoms with van der Waals surface area (Å²) in [6.45, 7) is 3.61. The molecule has 0 saturated heterocycles. The van der Waals surface area contributed by atoms with Gasteiger partial charge in [0.2, 0.25) is 5.91 Å². The van der Waals surface area contributed by atoms with Gasteiger partial charge in [0.05, 0.1) is 10.5 Å². The summed E-state index contributed by atoms with van der Waals surface area (Å²) in [6.07, 6.45) is -0.105. The second kappa shape index (κ2) is 6.99. The molecule has 8 nitrogen and oxygen atoms in total. The van der Waals surface area contributed by atoms with Crippen LogP contribution < -0.4 is 5.32 Å². The summed E-state index contributed by atoms with van der Waals surface area (Å²) in [5, 5.41) is 13.9. The lowest BCUT2D eigenvalue weighted by Gasteiger charge is -2.14. The van der Waals surface area contributed by atoms with E-state index >= 15 is 0 Å². The maximum atomic E-state index is 12.5. The standard InChI is InChI=1S/C19H17N3O5/c1-11-6-7-12(2)14(10-11)20-16(23)8-9-21-18(24)13-4-3-5-15(22(26)27)17(13)19(21)25/h3-7,10H,8-9H2,1-2H3,(H,20,23). The van der Waals surface area contributed by atoms with Gasteiger partial charge in [0.15, 0.2) is 0 Å². The van der Waals surface area contributed by atoms with E-state index in [1.165, 1.54) is 18.2 Å². The normalized spacial score (nSPS) is 12.9. The Morgan fingerprint density at radius 2 is 1.89 bits per heavy atom. The minimum Gasteiger partial charge on any atom is -0.326 e. The average Bonchev–Trinajstić information content (AvgIpc) is 2.87. The second-order valence-electron chi connectivity index (χ2n) is 6.34. The fourth-order valence-corrected chi connectivity index (χ4v) is 2.97. The van der Waals surface area contributed by atoms with E-state index in [4.69, 9.17) is 0 Å². The summed E-state index contributed by atoms with van der Waals surface area (Å²) >= 11 is 0. The van der Waals surface area contributed by atoms with Crippen LogP contribution in [0.2, 0.25) is 0 Å². The molecule has 1 heterocycles. The van der Waals surface area contributed by atoms with Gasteiger partial charge < -0.3 is 5.32 Å². The molecule has 0 spiro atoms. The van der Waals surface area contributed by atoms with Crippen molar-refractivity contribution in [1.82, 2.24) is 4.90 Å². The fourth-order valence-electron chi connectivity index (χ4n) is 2.97. The van der Waals surface area contributed by atoms with E-state index in [1.807, 2.05) is 32.0 Å². The summed E-state index contributed by atoms with van der Waals surface area (Å²) < 4.78 is 0. The molecule has 0 aliphatic carbocycles. The summed E-state index contributed by atoms with van der Waals surface area (Å²) in [7, 11) is 0. The van der Waals surface area contributed by atoms with Crippen molar-refractivity contribution in [2.24, 2.45) is 0 Å². The molecule has 3 amide bonds. The summed E-state index contributed by atoms with van der Waals surface area (Å²) in [4.78, 5) is 48.4. The SMILES string of the molecule is Cc1ccc(C)c(NC(=O)CCN2C(=O)c3cccc([N+](=O)[O-])c3C2=O)c1. The third kappa shape index (κ3) is 3.41. The third-order valence-electron chi connectivity index (χ3n) is 4.40. The number of imide groups is 1. The molecule has 3 rings (SSSR count). The number of nitrogens with one attached hydrogen (secondary N) is 1. The van der Waals surface area contributed by atoms with E-state index in [0.29, 0.717) is 5.69 Å².